The first-order valence-corrected chi connectivity index (χ1v) is 14.2. The number of hydrogen-bond donors (Lipinski definition) is 0. The molecule has 2 aromatic heterocycles. The van der Waals surface area contributed by atoms with Gasteiger partial charge in [0.15, 0.2) is 11.5 Å². The SMILES string of the molecule is Cc1cccn2c(=O)c(/C=C3/SC(=S)N(Cc4ccc5c(c4)OCO5)C3=O)c(N3CCCc4ccccc43)nc12. The Labute approximate surface area is 239 Å². The first kappa shape index (κ1) is 24.9. The highest BCUT2D eigenvalue weighted by atomic mass is 32.2. The van der Waals surface area contributed by atoms with Crippen molar-refractivity contribution in [2.45, 2.75) is 26.3 Å². The third-order valence-electron chi connectivity index (χ3n) is 7.36. The van der Waals surface area contributed by atoms with E-state index in [4.69, 9.17) is 26.7 Å². The van der Waals surface area contributed by atoms with E-state index in [0.29, 0.717) is 44.3 Å². The number of hydrogen-bond acceptors (Lipinski definition) is 8. The van der Waals surface area contributed by atoms with Crippen LogP contribution in [0.25, 0.3) is 11.7 Å². The number of ether oxygens (including phenoxy) is 2. The summed E-state index contributed by atoms with van der Waals surface area (Å²) >= 11 is 6.81. The van der Waals surface area contributed by atoms with Crippen LogP contribution in [0, 0.1) is 6.92 Å². The highest BCUT2D eigenvalue weighted by Crippen LogP contribution is 2.39. The van der Waals surface area contributed by atoms with Crippen LogP contribution >= 0.6 is 24.0 Å². The lowest BCUT2D eigenvalue weighted by Gasteiger charge is -2.31. The summed E-state index contributed by atoms with van der Waals surface area (Å²) in [5.41, 5.74) is 4.74. The maximum Gasteiger partial charge on any atom is 0.267 e. The van der Waals surface area contributed by atoms with Crippen LogP contribution < -0.4 is 19.9 Å². The zero-order chi connectivity index (χ0) is 27.4. The molecule has 3 aliphatic rings. The minimum atomic E-state index is -0.244. The zero-order valence-electron chi connectivity index (χ0n) is 21.6. The number of aromatic nitrogens is 2. The summed E-state index contributed by atoms with van der Waals surface area (Å²) < 4.78 is 12.9. The quantitative estimate of drug-likeness (QED) is 0.245. The Hall–Kier alpha value is -4.15. The maximum atomic E-state index is 14.0. The fourth-order valence-corrected chi connectivity index (χ4v) is 6.61. The Morgan fingerprint density at radius 1 is 1.07 bits per heavy atom. The van der Waals surface area contributed by atoms with Gasteiger partial charge in [-0.25, -0.2) is 4.98 Å². The number of amides is 1. The molecule has 1 saturated heterocycles. The van der Waals surface area contributed by atoms with Crippen LogP contribution in [0.2, 0.25) is 0 Å². The molecule has 4 aromatic rings. The lowest BCUT2D eigenvalue weighted by Crippen LogP contribution is -2.30. The minimum Gasteiger partial charge on any atom is -0.454 e. The van der Waals surface area contributed by atoms with Gasteiger partial charge in [-0.15, -0.1) is 0 Å². The average molecular weight is 569 g/mol. The molecular formula is C30H24N4O4S2. The molecule has 0 radical (unpaired) electrons. The average Bonchev–Trinajstić information content (AvgIpc) is 3.54. The number of nitrogens with zero attached hydrogens (tertiary/aromatic N) is 4. The molecule has 0 bridgehead atoms. The smallest absolute Gasteiger partial charge is 0.267 e. The minimum absolute atomic E-state index is 0.182. The maximum absolute atomic E-state index is 14.0. The lowest BCUT2D eigenvalue weighted by atomic mass is 10.0. The van der Waals surface area contributed by atoms with Crippen molar-refractivity contribution in [2.24, 2.45) is 0 Å². The van der Waals surface area contributed by atoms with Crippen LogP contribution in [-0.4, -0.2) is 37.8 Å². The molecule has 0 spiro atoms. The number of carbonyl (C=O) groups excluding carboxylic acids is 1. The number of thioether (sulfide) groups is 1. The Bertz CT molecular complexity index is 1820. The standard InChI is InChI=1S/C30H24N4O4S2/c1-18-6-4-13-33-26(18)31-27(32-12-5-8-20-7-2-3-9-22(20)32)21(28(33)35)15-25-29(36)34(30(39)40-25)16-19-10-11-23-24(14-19)38-17-37-23/h2-4,6-7,9-11,13-15H,5,8,12,16-17H2,1H3/b25-15+. The number of thiocarbonyl (C=S) groups is 1. The van der Waals surface area contributed by atoms with Crippen LogP contribution in [-0.2, 0) is 17.8 Å². The molecule has 40 heavy (non-hydrogen) atoms. The van der Waals surface area contributed by atoms with Crippen molar-refractivity contribution in [3.8, 4) is 11.5 Å². The van der Waals surface area contributed by atoms with Gasteiger partial charge in [0.05, 0.1) is 17.0 Å². The monoisotopic (exact) mass is 568 g/mol. The molecule has 0 saturated carbocycles. The molecule has 7 rings (SSSR count). The summed E-state index contributed by atoms with van der Waals surface area (Å²) in [5, 5.41) is 0. The van der Waals surface area contributed by atoms with E-state index in [9.17, 15) is 9.59 Å². The van der Waals surface area contributed by atoms with Crippen molar-refractivity contribution in [2.75, 3.05) is 18.2 Å². The van der Waals surface area contributed by atoms with E-state index in [0.717, 1.165) is 36.2 Å². The zero-order valence-corrected chi connectivity index (χ0v) is 23.3. The number of fused-ring (bicyclic) bond motifs is 3. The topological polar surface area (TPSA) is 76.4 Å². The van der Waals surface area contributed by atoms with Crippen LogP contribution in [0.5, 0.6) is 11.5 Å². The molecule has 200 valence electrons. The van der Waals surface area contributed by atoms with Gasteiger partial charge in [0.2, 0.25) is 6.79 Å². The fraction of sp³-hybridized carbons (Fsp3) is 0.200. The number of benzene rings is 2. The Kier molecular flexibility index (Phi) is 6.09. The highest BCUT2D eigenvalue weighted by Gasteiger charge is 2.34. The predicted octanol–water partition coefficient (Wildman–Crippen LogP) is 5.22. The van der Waals surface area contributed by atoms with Crippen molar-refractivity contribution in [1.29, 1.82) is 0 Å². The van der Waals surface area contributed by atoms with Gasteiger partial charge >= 0.3 is 0 Å². The third-order valence-corrected chi connectivity index (χ3v) is 8.73. The Morgan fingerprint density at radius 3 is 2.83 bits per heavy atom. The lowest BCUT2D eigenvalue weighted by molar-refractivity contribution is -0.122. The Morgan fingerprint density at radius 2 is 1.93 bits per heavy atom. The second-order valence-electron chi connectivity index (χ2n) is 9.88. The summed E-state index contributed by atoms with van der Waals surface area (Å²) in [4.78, 5) is 36.7. The van der Waals surface area contributed by atoms with Crippen LogP contribution in [0.1, 0.15) is 28.7 Å². The first-order chi connectivity index (χ1) is 19.5. The number of aryl methyl sites for hydroxylation is 2. The molecule has 10 heteroatoms. The van der Waals surface area contributed by atoms with Gasteiger partial charge in [-0.1, -0.05) is 54.3 Å². The van der Waals surface area contributed by atoms with E-state index in [1.807, 2.05) is 49.4 Å². The van der Waals surface area contributed by atoms with E-state index in [2.05, 4.69) is 17.0 Å². The number of carbonyl (C=O) groups is 1. The van der Waals surface area contributed by atoms with Gasteiger partial charge in [0.1, 0.15) is 15.8 Å². The molecule has 5 heterocycles. The summed E-state index contributed by atoms with van der Waals surface area (Å²) in [5.74, 6) is 1.63. The van der Waals surface area contributed by atoms with E-state index in [-0.39, 0.29) is 18.3 Å². The van der Waals surface area contributed by atoms with Crippen molar-refractivity contribution < 1.29 is 14.3 Å². The molecule has 1 amide bonds. The second kappa shape index (κ2) is 9.79. The first-order valence-electron chi connectivity index (χ1n) is 13.0. The molecule has 8 nitrogen and oxygen atoms in total. The summed E-state index contributed by atoms with van der Waals surface area (Å²) in [6.45, 7) is 3.13. The number of pyridine rings is 1. The van der Waals surface area contributed by atoms with E-state index in [1.165, 1.54) is 17.3 Å². The Balaban J connectivity index is 1.32. The second-order valence-corrected chi connectivity index (χ2v) is 11.6. The van der Waals surface area contributed by atoms with Gasteiger partial charge in [0.25, 0.3) is 11.5 Å². The van der Waals surface area contributed by atoms with Crippen LogP contribution in [0.3, 0.4) is 0 Å². The van der Waals surface area contributed by atoms with Crippen molar-refractivity contribution in [3.05, 3.63) is 98.3 Å². The molecule has 0 N–H and O–H groups in total. The molecule has 3 aliphatic heterocycles. The van der Waals surface area contributed by atoms with Gasteiger partial charge < -0.3 is 14.4 Å². The fourth-order valence-electron chi connectivity index (χ4n) is 5.38. The molecule has 2 aromatic carbocycles. The number of anilines is 2. The van der Waals surface area contributed by atoms with Crippen molar-refractivity contribution in [3.63, 3.8) is 0 Å². The van der Waals surface area contributed by atoms with Crippen LogP contribution in [0.4, 0.5) is 11.5 Å². The van der Waals surface area contributed by atoms with Crippen molar-refractivity contribution in [1.82, 2.24) is 14.3 Å². The van der Waals surface area contributed by atoms with Gasteiger partial charge in [-0.3, -0.25) is 18.9 Å². The highest BCUT2D eigenvalue weighted by molar-refractivity contribution is 8.26. The van der Waals surface area contributed by atoms with Gasteiger partial charge in [-0.2, -0.15) is 0 Å². The molecule has 0 unspecified atom stereocenters. The van der Waals surface area contributed by atoms with E-state index in [1.54, 1.807) is 21.6 Å². The molecule has 0 atom stereocenters. The molecule has 1 fully saturated rings. The number of para-hydroxylation sites is 1. The van der Waals surface area contributed by atoms with E-state index < -0.39 is 0 Å². The summed E-state index contributed by atoms with van der Waals surface area (Å²) in [7, 11) is 0. The van der Waals surface area contributed by atoms with Gasteiger partial charge in [-0.05, 0) is 66.8 Å². The summed E-state index contributed by atoms with van der Waals surface area (Å²) in [6.07, 6.45) is 5.28. The van der Waals surface area contributed by atoms with E-state index >= 15 is 0 Å². The van der Waals surface area contributed by atoms with Crippen LogP contribution in [0.15, 0.2) is 70.5 Å². The number of rotatable bonds is 4. The summed E-state index contributed by atoms with van der Waals surface area (Å²) in [6, 6.07) is 17.6. The van der Waals surface area contributed by atoms with Crippen molar-refractivity contribution >= 4 is 57.4 Å². The van der Waals surface area contributed by atoms with Gasteiger partial charge in [0, 0.05) is 18.4 Å². The normalized spacial score (nSPS) is 17.3. The third kappa shape index (κ3) is 4.15. The molecular weight excluding hydrogens is 544 g/mol. The largest absolute Gasteiger partial charge is 0.454 e. The predicted molar refractivity (Wildman–Crippen MR) is 159 cm³/mol. The molecule has 0 aliphatic carbocycles.